The molecule has 0 bridgehead atoms. The van der Waals surface area contributed by atoms with Gasteiger partial charge in [0.05, 0.1) is 12.7 Å². The van der Waals surface area contributed by atoms with Crippen LogP contribution in [0.3, 0.4) is 0 Å². The minimum absolute atomic E-state index is 0.197. The summed E-state index contributed by atoms with van der Waals surface area (Å²) >= 11 is 1.18. The zero-order valence-corrected chi connectivity index (χ0v) is 9.16. The van der Waals surface area contributed by atoms with Gasteiger partial charge in [0.2, 0.25) is 0 Å². The third-order valence-corrected chi connectivity index (χ3v) is 2.67. The van der Waals surface area contributed by atoms with Crippen molar-refractivity contribution in [3.8, 4) is 0 Å². The molecule has 0 spiro atoms. The van der Waals surface area contributed by atoms with Crippen LogP contribution in [-0.4, -0.2) is 18.8 Å². The molecule has 0 aliphatic heterocycles. The summed E-state index contributed by atoms with van der Waals surface area (Å²) in [6.07, 6.45) is 0. The Kier molecular flexibility index (Phi) is 4.08. The molecule has 0 atom stereocenters. The van der Waals surface area contributed by atoms with Gasteiger partial charge < -0.3 is 4.74 Å². The van der Waals surface area contributed by atoms with Crippen molar-refractivity contribution in [2.75, 3.05) is 12.9 Å². The number of carbonyl (C=O) groups is 1. The summed E-state index contributed by atoms with van der Waals surface area (Å²) in [5, 5.41) is 0. The maximum atomic E-state index is 13.3. The molecule has 0 saturated heterocycles. The van der Waals surface area contributed by atoms with E-state index in [1.807, 2.05) is 6.92 Å². The molecule has 1 rings (SSSR count). The minimum atomic E-state index is -1.15. The number of hydrogen-bond acceptors (Lipinski definition) is 3. The van der Waals surface area contributed by atoms with Crippen molar-refractivity contribution in [3.05, 3.63) is 29.3 Å². The van der Waals surface area contributed by atoms with Crippen LogP contribution in [-0.2, 0) is 4.74 Å². The first-order chi connectivity index (χ1) is 7.11. The van der Waals surface area contributed by atoms with Crippen LogP contribution in [0.2, 0.25) is 0 Å². The monoisotopic (exact) mass is 232 g/mol. The molecular formula is C10H10F2O2S. The maximum absolute atomic E-state index is 13.3. The molecule has 0 unspecified atom stereocenters. The van der Waals surface area contributed by atoms with E-state index in [2.05, 4.69) is 4.74 Å². The van der Waals surface area contributed by atoms with Crippen molar-refractivity contribution in [2.24, 2.45) is 0 Å². The summed E-state index contributed by atoms with van der Waals surface area (Å²) in [6, 6.07) is 2.60. The van der Waals surface area contributed by atoms with Gasteiger partial charge in [0.1, 0.15) is 0 Å². The summed E-state index contributed by atoms with van der Waals surface area (Å²) in [4.78, 5) is 11.2. The summed E-state index contributed by atoms with van der Waals surface area (Å²) in [5.74, 6) is -2.39. The molecule has 0 fully saturated rings. The maximum Gasteiger partial charge on any atom is 0.340 e. The normalized spacial score (nSPS) is 10.1. The SMILES string of the molecule is CCSc1ccc(C(=O)OC)c(F)c1F. The van der Waals surface area contributed by atoms with Gasteiger partial charge in [-0.3, -0.25) is 0 Å². The largest absolute Gasteiger partial charge is 0.465 e. The number of methoxy groups -OCH3 is 1. The highest BCUT2D eigenvalue weighted by Gasteiger charge is 2.18. The van der Waals surface area contributed by atoms with Crippen molar-refractivity contribution in [2.45, 2.75) is 11.8 Å². The highest BCUT2D eigenvalue weighted by Crippen LogP contribution is 2.25. The molecule has 15 heavy (non-hydrogen) atoms. The van der Waals surface area contributed by atoms with E-state index in [0.29, 0.717) is 5.75 Å². The number of halogens is 2. The first-order valence-electron chi connectivity index (χ1n) is 4.31. The van der Waals surface area contributed by atoms with Crippen molar-refractivity contribution in [1.29, 1.82) is 0 Å². The summed E-state index contributed by atoms with van der Waals surface area (Å²) in [6.45, 7) is 1.83. The van der Waals surface area contributed by atoms with Gasteiger partial charge in [-0.1, -0.05) is 6.92 Å². The minimum Gasteiger partial charge on any atom is -0.465 e. The molecule has 0 heterocycles. The van der Waals surface area contributed by atoms with Gasteiger partial charge >= 0.3 is 5.97 Å². The molecule has 1 aromatic rings. The average molecular weight is 232 g/mol. The molecule has 2 nitrogen and oxygen atoms in total. The fraction of sp³-hybridized carbons (Fsp3) is 0.300. The fourth-order valence-corrected chi connectivity index (χ4v) is 1.76. The molecule has 0 aliphatic rings. The standard InChI is InChI=1S/C10H10F2O2S/c1-3-15-7-5-4-6(10(13)14-2)8(11)9(7)12/h4-5H,3H2,1-2H3. The Hall–Kier alpha value is -1.10. The van der Waals surface area contributed by atoms with Gasteiger partial charge in [-0.25, -0.2) is 13.6 Å². The van der Waals surface area contributed by atoms with Gasteiger partial charge in [-0.05, 0) is 17.9 Å². The van der Waals surface area contributed by atoms with Crippen LogP contribution in [0.25, 0.3) is 0 Å². The molecule has 82 valence electrons. The van der Waals surface area contributed by atoms with E-state index >= 15 is 0 Å². The Labute approximate surface area is 90.6 Å². The molecule has 0 radical (unpaired) electrons. The molecule has 0 saturated carbocycles. The molecule has 0 aliphatic carbocycles. The van der Waals surface area contributed by atoms with Crippen molar-refractivity contribution < 1.29 is 18.3 Å². The van der Waals surface area contributed by atoms with E-state index in [1.165, 1.54) is 23.9 Å². The number of benzene rings is 1. The first kappa shape index (κ1) is 12.0. The quantitative estimate of drug-likeness (QED) is 0.592. The van der Waals surface area contributed by atoms with Gasteiger partial charge in [-0.2, -0.15) is 0 Å². The smallest absolute Gasteiger partial charge is 0.340 e. The predicted octanol–water partition coefficient (Wildman–Crippen LogP) is 2.86. The average Bonchev–Trinajstić information content (AvgIpc) is 2.24. The third kappa shape index (κ3) is 2.47. The lowest BCUT2D eigenvalue weighted by atomic mass is 10.2. The van der Waals surface area contributed by atoms with Crippen LogP contribution in [0.5, 0.6) is 0 Å². The van der Waals surface area contributed by atoms with Crippen LogP contribution in [0.15, 0.2) is 17.0 Å². The Morgan fingerprint density at radius 3 is 2.60 bits per heavy atom. The van der Waals surface area contributed by atoms with Crippen LogP contribution in [0, 0.1) is 11.6 Å². The van der Waals surface area contributed by atoms with Gasteiger partial charge in [0, 0.05) is 4.90 Å². The van der Waals surface area contributed by atoms with E-state index < -0.39 is 17.6 Å². The number of esters is 1. The summed E-state index contributed by atoms with van der Waals surface area (Å²) < 4.78 is 31.0. The number of thioether (sulfide) groups is 1. The molecule has 5 heteroatoms. The number of rotatable bonds is 3. The van der Waals surface area contributed by atoms with E-state index in [-0.39, 0.29) is 10.5 Å². The Morgan fingerprint density at radius 2 is 2.07 bits per heavy atom. The van der Waals surface area contributed by atoms with Crippen molar-refractivity contribution in [1.82, 2.24) is 0 Å². The van der Waals surface area contributed by atoms with E-state index in [0.717, 1.165) is 7.11 Å². The zero-order chi connectivity index (χ0) is 11.4. The summed E-state index contributed by atoms with van der Waals surface area (Å²) in [7, 11) is 1.12. The van der Waals surface area contributed by atoms with Gasteiger partial charge in [0.25, 0.3) is 0 Å². The predicted molar refractivity (Wildman–Crippen MR) is 54.1 cm³/mol. The van der Waals surface area contributed by atoms with Crippen LogP contribution >= 0.6 is 11.8 Å². The Bertz CT molecular complexity index is 380. The number of carbonyl (C=O) groups excluding carboxylic acids is 1. The highest BCUT2D eigenvalue weighted by molar-refractivity contribution is 7.99. The van der Waals surface area contributed by atoms with E-state index in [1.54, 1.807) is 0 Å². The lowest BCUT2D eigenvalue weighted by Crippen LogP contribution is -2.06. The highest BCUT2D eigenvalue weighted by atomic mass is 32.2. The molecule has 0 amide bonds. The number of ether oxygens (including phenoxy) is 1. The number of hydrogen-bond donors (Lipinski definition) is 0. The molecular weight excluding hydrogens is 222 g/mol. The second-order valence-corrected chi connectivity index (χ2v) is 3.97. The first-order valence-corrected chi connectivity index (χ1v) is 5.29. The second-order valence-electron chi connectivity index (χ2n) is 2.66. The lowest BCUT2D eigenvalue weighted by Gasteiger charge is -2.05. The van der Waals surface area contributed by atoms with Crippen LogP contribution < -0.4 is 0 Å². The Morgan fingerprint density at radius 1 is 1.40 bits per heavy atom. The van der Waals surface area contributed by atoms with E-state index in [4.69, 9.17) is 0 Å². The van der Waals surface area contributed by atoms with Gasteiger partial charge in [0.15, 0.2) is 11.6 Å². The molecule has 0 aromatic heterocycles. The Balaban J connectivity index is 3.15. The molecule has 1 aromatic carbocycles. The van der Waals surface area contributed by atoms with Crippen LogP contribution in [0.1, 0.15) is 17.3 Å². The van der Waals surface area contributed by atoms with Crippen molar-refractivity contribution >= 4 is 17.7 Å². The summed E-state index contributed by atoms with van der Waals surface area (Å²) in [5.41, 5.74) is -0.379. The molecule has 0 N–H and O–H groups in total. The lowest BCUT2D eigenvalue weighted by molar-refractivity contribution is 0.0594. The topological polar surface area (TPSA) is 26.3 Å². The van der Waals surface area contributed by atoms with Crippen molar-refractivity contribution in [3.63, 3.8) is 0 Å². The third-order valence-electron chi connectivity index (χ3n) is 1.75. The van der Waals surface area contributed by atoms with E-state index in [9.17, 15) is 13.6 Å². The van der Waals surface area contributed by atoms with Gasteiger partial charge in [-0.15, -0.1) is 11.8 Å². The van der Waals surface area contributed by atoms with Crippen LogP contribution in [0.4, 0.5) is 8.78 Å². The second kappa shape index (κ2) is 5.11. The fourth-order valence-electron chi connectivity index (χ4n) is 1.07. The zero-order valence-electron chi connectivity index (χ0n) is 8.34.